The van der Waals surface area contributed by atoms with Crippen LogP contribution in [0.1, 0.15) is 35.7 Å². The summed E-state index contributed by atoms with van der Waals surface area (Å²) in [5, 5.41) is 3.66. The summed E-state index contributed by atoms with van der Waals surface area (Å²) in [5.41, 5.74) is 2.07. The number of hydrogen-bond acceptors (Lipinski definition) is 4. The highest BCUT2D eigenvalue weighted by Gasteiger charge is 2.26. The molecule has 28 heavy (non-hydrogen) atoms. The number of hydrogen-bond donors (Lipinski definition) is 1. The minimum atomic E-state index is -0.422. The van der Waals surface area contributed by atoms with Crippen molar-refractivity contribution in [2.75, 3.05) is 25.0 Å². The summed E-state index contributed by atoms with van der Waals surface area (Å²) >= 11 is 6.05. The molecule has 1 N–H and O–H groups in total. The van der Waals surface area contributed by atoms with E-state index in [1.54, 1.807) is 31.2 Å². The van der Waals surface area contributed by atoms with Gasteiger partial charge in [-0.15, -0.1) is 0 Å². The number of carbonyl (C=O) groups excluding carboxylic acids is 2. The van der Waals surface area contributed by atoms with E-state index in [0.29, 0.717) is 17.9 Å². The number of esters is 1. The quantitative estimate of drug-likeness (QED) is 0.731. The maximum atomic E-state index is 12.7. The van der Waals surface area contributed by atoms with E-state index in [9.17, 15) is 9.59 Å². The molecule has 0 aliphatic carbocycles. The molecule has 1 saturated heterocycles. The number of carbonyl (C=O) groups is 2. The largest absolute Gasteiger partial charge is 0.462 e. The predicted octanol–water partition coefficient (Wildman–Crippen LogP) is 4.37. The van der Waals surface area contributed by atoms with Gasteiger partial charge in [-0.1, -0.05) is 35.9 Å². The molecule has 1 fully saturated rings. The molecule has 1 aliphatic heterocycles. The lowest BCUT2D eigenvalue weighted by Gasteiger charge is -2.31. The number of anilines is 1. The Morgan fingerprint density at radius 2 is 1.89 bits per heavy atom. The third-order valence-corrected chi connectivity index (χ3v) is 5.17. The molecule has 2 aromatic rings. The molecule has 0 unspecified atom stereocenters. The van der Waals surface area contributed by atoms with E-state index in [-0.39, 0.29) is 11.8 Å². The first-order valence-electron chi connectivity index (χ1n) is 9.60. The summed E-state index contributed by atoms with van der Waals surface area (Å²) in [4.78, 5) is 27.1. The van der Waals surface area contributed by atoms with Gasteiger partial charge in [0.15, 0.2) is 0 Å². The molecule has 148 valence electrons. The first-order chi connectivity index (χ1) is 13.6. The topological polar surface area (TPSA) is 58.6 Å². The highest BCUT2D eigenvalue weighted by Crippen LogP contribution is 2.23. The Morgan fingerprint density at radius 1 is 1.14 bits per heavy atom. The van der Waals surface area contributed by atoms with E-state index in [4.69, 9.17) is 16.3 Å². The Labute approximate surface area is 170 Å². The third-order valence-electron chi connectivity index (χ3n) is 4.93. The smallest absolute Gasteiger partial charge is 0.340 e. The van der Waals surface area contributed by atoms with Gasteiger partial charge in [-0.05, 0) is 62.7 Å². The number of halogens is 1. The van der Waals surface area contributed by atoms with Crippen molar-refractivity contribution in [1.29, 1.82) is 0 Å². The second-order valence-electron chi connectivity index (χ2n) is 6.94. The molecular weight excluding hydrogens is 376 g/mol. The normalized spacial score (nSPS) is 15.2. The number of nitrogens with zero attached hydrogens (tertiary/aromatic N) is 1. The van der Waals surface area contributed by atoms with Crippen LogP contribution >= 0.6 is 11.6 Å². The van der Waals surface area contributed by atoms with Crippen LogP contribution in [0.5, 0.6) is 0 Å². The number of para-hydroxylation sites is 1. The van der Waals surface area contributed by atoms with Crippen molar-refractivity contribution in [2.24, 2.45) is 5.92 Å². The van der Waals surface area contributed by atoms with Crippen molar-refractivity contribution in [2.45, 2.75) is 26.3 Å². The number of nitrogens with one attached hydrogen (secondary N) is 1. The zero-order valence-corrected chi connectivity index (χ0v) is 16.7. The molecule has 0 atom stereocenters. The summed E-state index contributed by atoms with van der Waals surface area (Å²) in [6.45, 7) is 4.59. The Balaban J connectivity index is 1.55. The van der Waals surface area contributed by atoms with E-state index in [1.165, 1.54) is 5.56 Å². The molecule has 0 radical (unpaired) electrons. The van der Waals surface area contributed by atoms with Crippen LogP contribution < -0.4 is 5.32 Å². The van der Waals surface area contributed by atoms with Crippen molar-refractivity contribution < 1.29 is 14.3 Å². The number of amides is 1. The number of likely N-dealkylation sites (tertiary alicyclic amines) is 1. The number of ether oxygens (including phenoxy) is 1. The van der Waals surface area contributed by atoms with E-state index in [1.807, 2.05) is 18.2 Å². The summed E-state index contributed by atoms with van der Waals surface area (Å²) in [6.07, 6.45) is 1.57. The lowest BCUT2D eigenvalue weighted by Crippen LogP contribution is -2.37. The SMILES string of the molecule is CCOC(=O)c1ccccc1NC(=O)C1CCN(Cc2cccc(Cl)c2)CC1. The summed E-state index contributed by atoms with van der Waals surface area (Å²) in [6, 6.07) is 14.8. The number of piperidine rings is 1. The van der Waals surface area contributed by atoms with Gasteiger partial charge in [-0.25, -0.2) is 4.79 Å². The van der Waals surface area contributed by atoms with Gasteiger partial charge in [-0.3, -0.25) is 9.69 Å². The standard InChI is InChI=1S/C22H25ClN2O3/c1-2-28-22(27)19-8-3-4-9-20(19)24-21(26)17-10-12-25(13-11-17)15-16-6-5-7-18(23)14-16/h3-9,14,17H,2,10-13,15H2,1H3,(H,24,26). The molecule has 0 spiro atoms. The molecule has 1 aliphatic rings. The lowest BCUT2D eigenvalue weighted by atomic mass is 9.95. The van der Waals surface area contributed by atoms with Crippen LogP contribution in [-0.4, -0.2) is 36.5 Å². The zero-order chi connectivity index (χ0) is 19.9. The van der Waals surface area contributed by atoms with Gasteiger partial charge in [0.05, 0.1) is 17.9 Å². The van der Waals surface area contributed by atoms with E-state index < -0.39 is 5.97 Å². The fourth-order valence-electron chi connectivity index (χ4n) is 3.46. The Morgan fingerprint density at radius 3 is 2.61 bits per heavy atom. The number of benzene rings is 2. The van der Waals surface area contributed by atoms with Crippen LogP contribution in [0.2, 0.25) is 5.02 Å². The van der Waals surface area contributed by atoms with Gasteiger partial charge < -0.3 is 10.1 Å². The van der Waals surface area contributed by atoms with E-state index in [0.717, 1.165) is 37.5 Å². The van der Waals surface area contributed by atoms with Gasteiger partial charge in [0.1, 0.15) is 0 Å². The second kappa shape index (κ2) is 9.71. The van der Waals surface area contributed by atoms with Gasteiger partial charge in [0.2, 0.25) is 5.91 Å². The monoisotopic (exact) mass is 400 g/mol. The van der Waals surface area contributed by atoms with Crippen molar-refractivity contribution in [3.05, 3.63) is 64.7 Å². The minimum Gasteiger partial charge on any atom is -0.462 e. The fraction of sp³-hybridized carbons (Fsp3) is 0.364. The van der Waals surface area contributed by atoms with Crippen LogP contribution in [0.15, 0.2) is 48.5 Å². The highest BCUT2D eigenvalue weighted by atomic mass is 35.5. The molecule has 2 aromatic carbocycles. The third kappa shape index (κ3) is 5.33. The highest BCUT2D eigenvalue weighted by molar-refractivity contribution is 6.30. The first kappa shape index (κ1) is 20.4. The van der Waals surface area contributed by atoms with Crippen LogP contribution in [-0.2, 0) is 16.1 Å². The van der Waals surface area contributed by atoms with Crippen LogP contribution in [0, 0.1) is 5.92 Å². The average molecular weight is 401 g/mol. The Kier molecular flexibility index (Phi) is 7.06. The first-order valence-corrected chi connectivity index (χ1v) is 9.98. The van der Waals surface area contributed by atoms with E-state index >= 15 is 0 Å². The Bertz CT molecular complexity index is 832. The summed E-state index contributed by atoms with van der Waals surface area (Å²) < 4.78 is 5.07. The molecular formula is C22H25ClN2O3. The molecule has 0 aromatic heterocycles. The molecule has 1 amide bonds. The molecule has 6 heteroatoms. The van der Waals surface area contributed by atoms with Gasteiger partial charge in [-0.2, -0.15) is 0 Å². The predicted molar refractivity (Wildman–Crippen MR) is 110 cm³/mol. The molecule has 1 heterocycles. The van der Waals surface area contributed by atoms with Gasteiger partial charge in [0.25, 0.3) is 0 Å². The van der Waals surface area contributed by atoms with Crippen LogP contribution in [0.3, 0.4) is 0 Å². The van der Waals surface area contributed by atoms with Crippen LogP contribution in [0.4, 0.5) is 5.69 Å². The molecule has 5 nitrogen and oxygen atoms in total. The van der Waals surface area contributed by atoms with Crippen molar-refractivity contribution in [3.8, 4) is 0 Å². The van der Waals surface area contributed by atoms with Crippen molar-refractivity contribution in [3.63, 3.8) is 0 Å². The number of rotatable bonds is 6. The molecule has 0 bridgehead atoms. The van der Waals surface area contributed by atoms with Gasteiger partial charge in [0, 0.05) is 17.5 Å². The van der Waals surface area contributed by atoms with Crippen molar-refractivity contribution in [1.82, 2.24) is 4.90 Å². The summed E-state index contributed by atoms with van der Waals surface area (Å²) in [5.74, 6) is -0.528. The van der Waals surface area contributed by atoms with Gasteiger partial charge >= 0.3 is 5.97 Å². The maximum absolute atomic E-state index is 12.7. The van der Waals surface area contributed by atoms with E-state index in [2.05, 4.69) is 16.3 Å². The second-order valence-corrected chi connectivity index (χ2v) is 7.37. The van der Waals surface area contributed by atoms with Crippen molar-refractivity contribution >= 4 is 29.2 Å². The fourth-order valence-corrected chi connectivity index (χ4v) is 3.67. The lowest BCUT2D eigenvalue weighted by molar-refractivity contribution is -0.121. The zero-order valence-electron chi connectivity index (χ0n) is 16.0. The molecule has 0 saturated carbocycles. The van der Waals surface area contributed by atoms with Crippen LogP contribution in [0.25, 0.3) is 0 Å². The average Bonchev–Trinajstić information content (AvgIpc) is 2.69. The maximum Gasteiger partial charge on any atom is 0.340 e. The summed E-state index contributed by atoms with van der Waals surface area (Å²) in [7, 11) is 0. The molecule has 3 rings (SSSR count). The Hall–Kier alpha value is -2.37. The minimum absolute atomic E-state index is 0.0424.